The van der Waals surface area contributed by atoms with Gasteiger partial charge in [-0.15, -0.1) is 11.8 Å². The van der Waals surface area contributed by atoms with E-state index in [0.717, 1.165) is 18.7 Å². The van der Waals surface area contributed by atoms with Gasteiger partial charge < -0.3 is 10.3 Å². The van der Waals surface area contributed by atoms with Crippen molar-refractivity contribution in [3.63, 3.8) is 0 Å². The topological polar surface area (TPSA) is 43.8 Å². The average molecular weight is 191 g/mol. The van der Waals surface area contributed by atoms with Crippen LogP contribution in [0.25, 0.3) is 0 Å². The minimum atomic E-state index is -0.337. The summed E-state index contributed by atoms with van der Waals surface area (Å²) in [6, 6.07) is 0. The van der Waals surface area contributed by atoms with Crippen molar-refractivity contribution in [1.82, 2.24) is 9.55 Å². The predicted octanol–water partition coefficient (Wildman–Crippen LogP) is 1.49. The van der Waals surface area contributed by atoms with Gasteiger partial charge in [0.15, 0.2) is 0 Å². The van der Waals surface area contributed by atoms with E-state index in [1.165, 1.54) is 0 Å². The van der Waals surface area contributed by atoms with Crippen LogP contribution in [0.15, 0.2) is 12.5 Å². The van der Waals surface area contributed by atoms with Crippen molar-refractivity contribution in [3.05, 3.63) is 18.2 Å². The third-order valence-corrected chi connectivity index (χ3v) is 2.03. The summed E-state index contributed by atoms with van der Waals surface area (Å²) >= 11 is 0. The first-order chi connectivity index (χ1) is 6.55. The molecule has 1 aromatic rings. The van der Waals surface area contributed by atoms with Crippen molar-refractivity contribution in [3.8, 4) is 11.8 Å². The first kappa shape index (κ1) is 10.8. The van der Waals surface area contributed by atoms with Crippen molar-refractivity contribution >= 4 is 0 Å². The highest BCUT2D eigenvalue weighted by Gasteiger charge is 2.18. The standard InChI is InChI=1S/C11H17N3/c1-4-5-6-7-14-9-13-8-10(14)11(2,3)12/h8-9H,6-7,12H2,1-3H3. The van der Waals surface area contributed by atoms with Crippen LogP contribution in [-0.4, -0.2) is 9.55 Å². The summed E-state index contributed by atoms with van der Waals surface area (Å²) in [6.45, 7) is 6.66. The number of aromatic nitrogens is 2. The maximum absolute atomic E-state index is 6.01. The molecule has 0 atom stereocenters. The first-order valence-electron chi connectivity index (χ1n) is 4.75. The van der Waals surface area contributed by atoms with Crippen molar-refractivity contribution in [2.75, 3.05) is 0 Å². The summed E-state index contributed by atoms with van der Waals surface area (Å²) in [6.07, 6.45) is 4.47. The van der Waals surface area contributed by atoms with Gasteiger partial charge in [-0.3, -0.25) is 0 Å². The fourth-order valence-electron chi connectivity index (χ4n) is 1.34. The zero-order chi connectivity index (χ0) is 10.6. The third-order valence-electron chi connectivity index (χ3n) is 2.03. The number of rotatable bonds is 3. The Morgan fingerprint density at radius 3 is 2.86 bits per heavy atom. The summed E-state index contributed by atoms with van der Waals surface area (Å²) in [4.78, 5) is 4.10. The van der Waals surface area contributed by atoms with Gasteiger partial charge in [-0.2, -0.15) is 0 Å². The number of aryl methyl sites for hydroxylation is 1. The molecular formula is C11H17N3. The average Bonchev–Trinajstić information content (AvgIpc) is 2.52. The monoisotopic (exact) mass is 191 g/mol. The van der Waals surface area contributed by atoms with E-state index in [0.29, 0.717) is 0 Å². The predicted molar refractivity (Wildman–Crippen MR) is 57.5 cm³/mol. The quantitative estimate of drug-likeness (QED) is 0.736. The molecule has 2 N–H and O–H groups in total. The van der Waals surface area contributed by atoms with E-state index in [-0.39, 0.29) is 5.54 Å². The molecule has 1 aromatic heterocycles. The van der Waals surface area contributed by atoms with Gasteiger partial charge in [-0.1, -0.05) is 0 Å². The number of imidazole rings is 1. The van der Waals surface area contributed by atoms with Crippen LogP contribution in [-0.2, 0) is 12.1 Å². The Kier molecular flexibility index (Phi) is 3.32. The van der Waals surface area contributed by atoms with Gasteiger partial charge in [0.2, 0.25) is 0 Å². The molecule has 0 aliphatic rings. The molecule has 0 radical (unpaired) electrons. The molecule has 0 fully saturated rings. The lowest BCUT2D eigenvalue weighted by Crippen LogP contribution is -2.31. The van der Waals surface area contributed by atoms with Gasteiger partial charge >= 0.3 is 0 Å². The molecule has 1 heterocycles. The summed E-state index contributed by atoms with van der Waals surface area (Å²) in [5.41, 5.74) is 6.72. The highest BCUT2D eigenvalue weighted by molar-refractivity contribution is 5.10. The van der Waals surface area contributed by atoms with E-state index in [1.807, 2.05) is 27.0 Å². The molecule has 0 amide bonds. The number of hydrogen-bond acceptors (Lipinski definition) is 2. The Morgan fingerprint density at radius 1 is 1.57 bits per heavy atom. The maximum atomic E-state index is 6.01. The van der Waals surface area contributed by atoms with Crippen LogP contribution < -0.4 is 5.73 Å². The van der Waals surface area contributed by atoms with Crippen LogP contribution in [0, 0.1) is 11.8 Å². The maximum Gasteiger partial charge on any atom is 0.0949 e. The molecule has 3 heteroatoms. The Labute approximate surface area is 85.3 Å². The molecule has 0 saturated carbocycles. The van der Waals surface area contributed by atoms with E-state index in [9.17, 15) is 0 Å². The molecule has 0 aliphatic carbocycles. The highest BCUT2D eigenvalue weighted by Crippen LogP contribution is 2.16. The minimum absolute atomic E-state index is 0.337. The zero-order valence-corrected chi connectivity index (χ0v) is 9.04. The SMILES string of the molecule is CC#CCCn1cncc1C(C)(C)N. The van der Waals surface area contributed by atoms with Gasteiger partial charge in [-0.05, 0) is 20.8 Å². The van der Waals surface area contributed by atoms with Crippen LogP contribution in [0.3, 0.4) is 0 Å². The summed E-state index contributed by atoms with van der Waals surface area (Å²) in [7, 11) is 0. The molecule has 0 aliphatic heterocycles. The Morgan fingerprint density at radius 2 is 2.29 bits per heavy atom. The van der Waals surface area contributed by atoms with Crippen LogP contribution in [0.1, 0.15) is 32.9 Å². The van der Waals surface area contributed by atoms with Crippen molar-refractivity contribution < 1.29 is 0 Å². The van der Waals surface area contributed by atoms with Crippen LogP contribution >= 0.6 is 0 Å². The lowest BCUT2D eigenvalue weighted by molar-refractivity contribution is 0.494. The molecule has 14 heavy (non-hydrogen) atoms. The van der Waals surface area contributed by atoms with Gasteiger partial charge in [-0.25, -0.2) is 4.98 Å². The number of nitrogens with zero attached hydrogens (tertiary/aromatic N) is 2. The van der Waals surface area contributed by atoms with Crippen molar-refractivity contribution in [2.45, 2.75) is 39.3 Å². The second-order valence-electron chi connectivity index (χ2n) is 3.87. The normalized spacial score (nSPS) is 10.9. The third kappa shape index (κ3) is 2.61. The van der Waals surface area contributed by atoms with Crippen LogP contribution in [0.5, 0.6) is 0 Å². The summed E-state index contributed by atoms with van der Waals surface area (Å²) in [5, 5.41) is 0. The molecule has 0 saturated heterocycles. The summed E-state index contributed by atoms with van der Waals surface area (Å²) in [5.74, 6) is 5.90. The molecule has 76 valence electrons. The molecular weight excluding hydrogens is 174 g/mol. The largest absolute Gasteiger partial charge is 0.332 e. The minimum Gasteiger partial charge on any atom is -0.332 e. The Balaban J connectivity index is 2.76. The van der Waals surface area contributed by atoms with E-state index in [1.54, 1.807) is 6.33 Å². The zero-order valence-electron chi connectivity index (χ0n) is 9.04. The highest BCUT2D eigenvalue weighted by atomic mass is 15.1. The Bertz CT molecular complexity index is 347. The van der Waals surface area contributed by atoms with Gasteiger partial charge in [0.1, 0.15) is 0 Å². The molecule has 0 aromatic carbocycles. The molecule has 0 unspecified atom stereocenters. The van der Waals surface area contributed by atoms with E-state index in [4.69, 9.17) is 5.73 Å². The lowest BCUT2D eigenvalue weighted by atomic mass is 10.0. The van der Waals surface area contributed by atoms with Crippen molar-refractivity contribution in [1.29, 1.82) is 0 Å². The molecule has 1 rings (SSSR count). The van der Waals surface area contributed by atoms with E-state index >= 15 is 0 Å². The van der Waals surface area contributed by atoms with E-state index in [2.05, 4.69) is 21.4 Å². The molecule has 0 spiro atoms. The first-order valence-corrected chi connectivity index (χ1v) is 4.75. The second-order valence-corrected chi connectivity index (χ2v) is 3.87. The smallest absolute Gasteiger partial charge is 0.0949 e. The second kappa shape index (κ2) is 4.30. The van der Waals surface area contributed by atoms with Gasteiger partial charge in [0, 0.05) is 19.2 Å². The Hall–Kier alpha value is -1.27. The van der Waals surface area contributed by atoms with E-state index < -0.39 is 0 Å². The van der Waals surface area contributed by atoms with Crippen LogP contribution in [0.2, 0.25) is 0 Å². The fraction of sp³-hybridized carbons (Fsp3) is 0.545. The number of nitrogens with two attached hydrogens (primary N) is 1. The van der Waals surface area contributed by atoms with Crippen molar-refractivity contribution in [2.24, 2.45) is 5.73 Å². The molecule has 0 bridgehead atoms. The number of hydrogen-bond donors (Lipinski definition) is 1. The van der Waals surface area contributed by atoms with Gasteiger partial charge in [0.25, 0.3) is 0 Å². The molecule has 3 nitrogen and oxygen atoms in total. The fourth-order valence-corrected chi connectivity index (χ4v) is 1.34. The van der Waals surface area contributed by atoms with Gasteiger partial charge in [0.05, 0.1) is 17.6 Å². The lowest BCUT2D eigenvalue weighted by Gasteiger charge is -2.20. The summed E-state index contributed by atoms with van der Waals surface area (Å²) < 4.78 is 2.06. The van der Waals surface area contributed by atoms with Crippen LogP contribution in [0.4, 0.5) is 0 Å².